The van der Waals surface area contributed by atoms with Gasteiger partial charge in [-0.25, -0.2) is 8.42 Å². The van der Waals surface area contributed by atoms with Gasteiger partial charge in [0.25, 0.3) is 0 Å². The Hall–Kier alpha value is -0.540. The van der Waals surface area contributed by atoms with E-state index in [2.05, 4.69) is 6.07 Å². The monoisotopic (exact) mass is 189 g/mol. The van der Waals surface area contributed by atoms with Crippen molar-refractivity contribution in [2.45, 2.75) is 4.90 Å². The number of halogens is 1. The molecule has 2 nitrogen and oxygen atoms in total. The van der Waals surface area contributed by atoms with Crippen LogP contribution in [0.25, 0.3) is 0 Å². The van der Waals surface area contributed by atoms with Crippen LogP contribution in [-0.2, 0) is 9.84 Å². The van der Waals surface area contributed by atoms with Crippen LogP contribution in [0.3, 0.4) is 0 Å². The van der Waals surface area contributed by atoms with Crippen LogP contribution in [0.15, 0.2) is 23.1 Å². The van der Waals surface area contributed by atoms with E-state index in [0.29, 0.717) is 0 Å². The highest BCUT2D eigenvalue weighted by molar-refractivity contribution is 7.90. The average Bonchev–Trinajstić information content (AvgIpc) is 1.86. The molecule has 59 valence electrons. The Morgan fingerprint density at radius 3 is 2.55 bits per heavy atom. The quantitative estimate of drug-likeness (QED) is 0.672. The van der Waals surface area contributed by atoms with Crippen molar-refractivity contribution in [3.8, 4) is 0 Å². The van der Waals surface area contributed by atoms with Gasteiger partial charge in [-0.2, -0.15) is 0 Å². The van der Waals surface area contributed by atoms with E-state index in [-0.39, 0.29) is 9.92 Å². The highest BCUT2D eigenvalue weighted by atomic mass is 35.5. The summed E-state index contributed by atoms with van der Waals surface area (Å²) in [6.45, 7) is 0. The molecule has 0 aromatic heterocycles. The van der Waals surface area contributed by atoms with Gasteiger partial charge in [-0.1, -0.05) is 17.7 Å². The molecule has 0 atom stereocenters. The average molecular weight is 190 g/mol. The molecule has 0 heterocycles. The minimum absolute atomic E-state index is 0.151. The van der Waals surface area contributed by atoms with Gasteiger partial charge in [-0.05, 0) is 18.2 Å². The molecule has 1 radical (unpaired) electrons. The molecule has 0 amide bonds. The predicted octanol–water partition coefficient (Wildman–Crippen LogP) is 1.54. The normalized spacial score (nSPS) is 11.5. The molecule has 0 aliphatic rings. The van der Waals surface area contributed by atoms with E-state index in [1.807, 2.05) is 0 Å². The van der Waals surface area contributed by atoms with Crippen LogP contribution in [0.2, 0.25) is 5.02 Å². The Balaban J connectivity index is 3.37. The van der Waals surface area contributed by atoms with E-state index >= 15 is 0 Å². The highest BCUT2D eigenvalue weighted by Crippen LogP contribution is 2.19. The fraction of sp³-hybridized carbons (Fsp3) is 0.143. The Kier molecular flexibility index (Phi) is 2.20. The molecule has 0 saturated heterocycles. The van der Waals surface area contributed by atoms with Crippen LogP contribution >= 0.6 is 11.6 Å². The van der Waals surface area contributed by atoms with Gasteiger partial charge in [0.2, 0.25) is 0 Å². The third kappa shape index (κ3) is 1.94. The van der Waals surface area contributed by atoms with E-state index in [9.17, 15) is 8.42 Å². The fourth-order valence-electron chi connectivity index (χ4n) is 0.697. The molecule has 0 aliphatic heterocycles. The van der Waals surface area contributed by atoms with Gasteiger partial charge in [0, 0.05) is 6.26 Å². The summed E-state index contributed by atoms with van der Waals surface area (Å²) in [6, 6.07) is 7.05. The molecule has 4 heteroatoms. The first-order chi connectivity index (χ1) is 5.02. The van der Waals surface area contributed by atoms with Crippen LogP contribution in [0.5, 0.6) is 0 Å². The maximum atomic E-state index is 11.0. The number of hydrogen-bond donors (Lipinski definition) is 0. The molecule has 0 N–H and O–H groups in total. The van der Waals surface area contributed by atoms with Crippen LogP contribution in [0.1, 0.15) is 0 Å². The van der Waals surface area contributed by atoms with Crippen molar-refractivity contribution in [1.29, 1.82) is 0 Å². The molecule has 0 unspecified atom stereocenters. The molecule has 1 aromatic carbocycles. The summed E-state index contributed by atoms with van der Waals surface area (Å²) in [7, 11) is -3.19. The zero-order chi connectivity index (χ0) is 8.48. The van der Waals surface area contributed by atoms with Crippen molar-refractivity contribution >= 4 is 21.4 Å². The van der Waals surface area contributed by atoms with Gasteiger partial charge in [0.05, 0.1) is 9.92 Å². The summed E-state index contributed by atoms with van der Waals surface area (Å²) in [5, 5.41) is 0.218. The number of hydrogen-bond acceptors (Lipinski definition) is 2. The highest BCUT2D eigenvalue weighted by Gasteiger charge is 2.09. The molecule has 0 saturated carbocycles. The van der Waals surface area contributed by atoms with Crippen molar-refractivity contribution in [3.63, 3.8) is 0 Å². The lowest BCUT2D eigenvalue weighted by molar-refractivity contribution is 0.602. The molecule has 0 fully saturated rings. The number of sulfone groups is 1. The molecule has 0 aliphatic carbocycles. The lowest BCUT2D eigenvalue weighted by atomic mass is 10.4. The minimum Gasteiger partial charge on any atom is -0.224 e. The topological polar surface area (TPSA) is 34.1 Å². The molecule has 11 heavy (non-hydrogen) atoms. The molecule has 0 spiro atoms. The number of benzene rings is 1. The molecule has 0 bridgehead atoms. The second-order valence-electron chi connectivity index (χ2n) is 2.13. The van der Waals surface area contributed by atoms with Gasteiger partial charge in [-0.3, -0.25) is 0 Å². The summed E-state index contributed by atoms with van der Waals surface area (Å²) in [5.41, 5.74) is 0. The lowest BCUT2D eigenvalue weighted by Gasteiger charge is -1.98. The SMILES string of the molecule is CS(=O)(=O)c1cc[c]cc1Cl. The zero-order valence-electron chi connectivity index (χ0n) is 5.83. The maximum Gasteiger partial charge on any atom is 0.176 e. The van der Waals surface area contributed by atoms with Crippen molar-refractivity contribution in [3.05, 3.63) is 29.3 Å². The van der Waals surface area contributed by atoms with Crippen LogP contribution in [0, 0.1) is 6.07 Å². The first kappa shape index (κ1) is 8.56. The van der Waals surface area contributed by atoms with Crippen molar-refractivity contribution in [2.75, 3.05) is 6.26 Å². The maximum absolute atomic E-state index is 11.0. The fourth-order valence-corrected chi connectivity index (χ4v) is 1.97. The molecule has 1 rings (SSSR count). The third-order valence-corrected chi connectivity index (χ3v) is 2.76. The Morgan fingerprint density at radius 1 is 1.55 bits per heavy atom. The van der Waals surface area contributed by atoms with E-state index in [1.165, 1.54) is 18.2 Å². The summed E-state index contributed by atoms with van der Waals surface area (Å²) >= 11 is 5.60. The summed E-state index contributed by atoms with van der Waals surface area (Å²) < 4.78 is 21.9. The third-order valence-electron chi connectivity index (χ3n) is 1.18. The Bertz CT molecular complexity index is 356. The van der Waals surface area contributed by atoms with Crippen molar-refractivity contribution < 1.29 is 8.42 Å². The van der Waals surface area contributed by atoms with Crippen molar-refractivity contribution in [1.82, 2.24) is 0 Å². The van der Waals surface area contributed by atoms with Gasteiger partial charge in [0.15, 0.2) is 9.84 Å². The molecular weight excluding hydrogens is 184 g/mol. The summed E-state index contributed by atoms with van der Waals surface area (Å²) in [4.78, 5) is 0.151. The van der Waals surface area contributed by atoms with Crippen LogP contribution < -0.4 is 0 Å². The van der Waals surface area contributed by atoms with E-state index in [0.717, 1.165) is 6.26 Å². The predicted molar refractivity (Wildman–Crippen MR) is 43.4 cm³/mol. The smallest absolute Gasteiger partial charge is 0.176 e. The van der Waals surface area contributed by atoms with Crippen LogP contribution in [0.4, 0.5) is 0 Å². The van der Waals surface area contributed by atoms with Gasteiger partial charge in [-0.15, -0.1) is 0 Å². The zero-order valence-corrected chi connectivity index (χ0v) is 7.41. The van der Waals surface area contributed by atoms with Gasteiger partial charge >= 0.3 is 0 Å². The Labute approximate surface area is 70.7 Å². The largest absolute Gasteiger partial charge is 0.224 e. The second kappa shape index (κ2) is 2.83. The van der Waals surface area contributed by atoms with E-state index in [1.54, 1.807) is 0 Å². The summed E-state index contributed by atoms with van der Waals surface area (Å²) in [6.07, 6.45) is 1.12. The summed E-state index contributed by atoms with van der Waals surface area (Å²) in [5.74, 6) is 0. The van der Waals surface area contributed by atoms with Crippen molar-refractivity contribution in [2.24, 2.45) is 0 Å². The van der Waals surface area contributed by atoms with Gasteiger partial charge in [0.1, 0.15) is 0 Å². The first-order valence-corrected chi connectivity index (χ1v) is 5.14. The minimum atomic E-state index is -3.19. The Morgan fingerprint density at radius 2 is 2.18 bits per heavy atom. The second-order valence-corrected chi connectivity index (χ2v) is 4.52. The standard InChI is InChI=1S/C7H6ClO2S/c1-11(9,10)7-5-3-2-4-6(7)8/h3-5H,1H3. The number of rotatable bonds is 1. The molecule has 1 aromatic rings. The first-order valence-electron chi connectivity index (χ1n) is 2.87. The lowest BCUT2D eigenvalue weighted by Crippen LogP contribution is -1.96. The van der Waals surface area contributed by atoms with Crippen LogP contribution in [-0.4, -0.2) is 14.7 Å². The van der Waals surface area contributed by atoms with E-state index < -0.39 is 9.84 Å². The van der Waals surface area contributed by atoms with Gasteiger partial charge < -0.3 is 0 Å². The van der Waals surface area contributed by atoms with E-state index in [4.69, 9.17) is 11.6 Å². The molecular formula is C7H6ClO2S.